The van der Waals surface area contributed by atoms with Crippen molar-refractivity contribution < 1.29 is 14.3 Å². The Morgan fingerprint density at radius 2 is 1.65 bits per heavy atom. The van der Waals surface area contributed by atoms with Gasteiger partial charge in [0.05, 0.1) is 18.8 Å². The van der Waals surface area contributed by atoms with E-state index in [1.807, 2.05) is 6.07 Å². The van der Waals surface area contributed by atoms with Crippen LogP contribution in [-0.2, 0) is 15.8 Å². The van der Waals surface area contributed by atoms with Crippen LogP contribution >= 0.6 is 0 Å². The van der Waals surface area contributed by atoms with E-state index in [2.05, 4.69) is 91.9 Å². The maximum atomic E-state index is 12.4. The molecule has 3 saturated carbocycles. The first-order valence-electron chi connectivity index (χ1n) is 14.8. The molecule has 0 unspecified atom stereocenters. The van der Waals surface area contributed by atoms with Gasteiger partial charge in [0.1, 0.15) is 5.60 Å². The van der Waals surface area contributed by atoms with E-state index in [0.717, 1.165) is 24.0 Å². The summed E-state index contributed by atoms with van der Waals surface area (Å²) in [7, 11) is -1.84. The Kier molecular flexibility index (Phi) is 6.36. The highest BCUT2D eigenvalue weighted by Crippen LogP contribution is 2.79. The van der Waals surface area contributed by atoms with E-state index < -0.39 is 13.9 Å². The van der Waals surface area contributed by atoms with Crippen LogP contribution in [0.3, 0.4) is 0 Å². The van der Waals surface area contributed by atoms with E-state index in [-0.39, 0.29) is 26.9 Å². The summed E-state index contributed by atoms with van der Waals surface area (Å²) in [5, 5.41) is 12.6. The summed E-state index contributed by atoms with van der Waals surface area (Å²) in [5.74, 6) is 1.11. The highest BCUT2D eigenvalue weighted by molar-refractivity contribution is 6.74. The van der Waals surface area contributed by atoms with Crippen LogP contribution in [0.25, 0.3) is 0 Å². The average Bonchev–Trinajstić information content (AvgIpc) is 3.41. The van der Waals surface area contributed by atoms with E-state index in [1.54, 1.807) is 0 Å². The molecule has 0 radical (unpaired) electrons. The van der Waals surface area contributed by atoms with E-state index in [0.29, 0.717) is 25.0 Å². The Labute approximate surface area is 227 Å². The third kappa shape index (κ3) is 3.90. The second-order valence-corrected chi connectivity index (χ2v) is 20.2. The number of fused-ring (bicyclic) bond motifs is 5. The SMILES string of the molecule is CC1=CC[C@H]2[C@]3(C)CC[C@]4(O[Si](C)(C)C(C)(C)C)C[C@]4(C)[C@H]3CC[C@]2(C)[C@]1(O)COCc1ccccc1. The van der Waals surface area contributed by atoms with Crippen molar-refractivity contribution in [2.45, 2.75) is 123 Å². The van der Waals surface area contributed by atoms with E-state index in [1.165, 1.54) is 25.7 Å². The van der Waals surface area contributed by atoms with Crippen LogP contribution in [0.15, 0.2) is 42.0 Å². The summed E-state index contributed by atoms with van der Waals surface area (Å²) in [4.78, 5) is 0. The van der Waals surface area contributed by atoms with Crippen molar-refractivity contribution in [2.24, 2.45) is 28.1 Å². The third-order valence-electron chi connectivity index (χ3n) is 12.7. The molecule has 206 valence electrons. The van der Waals surface area contributed by atoms with Crippen LogP contribution in [-0.4, -0.2) is 31.2 Å². The fourth-order valence-electron chi connectivity index (χ4n) is 9.10. The molecule has 0 aliphatic heterocycles. The molecule has 1 aromatic carbocycles. The molecular formula is C33H52O3Si. The lowest BCUT2D eigenvalue weighted by atomic mass is 9.40. The fraction of sp³-hybridized carbons (Fsp3) is 0.758. The Morgan fingerprint density at radius 1 is 0.973 bits per heavy atom. The summed E-state index contributed by atoms with van der Waals surface area (Å²) in [6.45, 7) is 22.5. The molecule has 0 spiro atoms. The Balaban J connectivity index is 1.39. The van der Waals surface area contributed by atoms with Crippen LogP contribution in [0.1, 0.15) is 92.6 Å². The molecule has 0 amide bonds. The first-order valence-corrected chi connectivity index (χ1v) is 17.7. The van der Waals surface area contributed by atoms with Crippen LogP contribution in [0, 0.1) is 28.1 Å². The zero-order valence-corrected chi connectivity index (χ0v) is 26.0. The highest BCUT2D eigenvalue weighted by Gasteiger charge is 2.78. The van der Waals surface area contributed by atoms with Gasteiger partial charge in [0.15, 0.2) is 8.32 Å². The van der Waals surface area contributed by atoms with Gasteiger partial charge in [-0.05, 0) is 92.0 Å². The molecule has 4 aliphatic carbocycles. The van der Waals surface area contributed by atoms with Crippen LogP contribution < -0.4 is 0 Å². The molecule has 1 aromatic rings. The standard InChI is InChI=1S/C33H52O3Si/c1-24-15-16-26-29(5)19-20-32(36-37(8,9)28(2,3)4)22-31(32,7)27(29)17-18-30(26,6)33(24,34)23-35-21-25-13-11-10-12-14-25/h10-15,26-27,34H,16-23H2,1-9H3/t26-,27-,29-,30-,31+,32-,33-/m0/s1. The Hall–Kier alpha value is -0.943. The topological polar surface area (TPSA) is 38.7 Å². The summed E-state index contributed by atoms with van der Waals surface area (Å²) in [6.07, 6.45) is 9.24. The van der Waals surface area contributed by atoms with Gasteiger partial charge in [0, 0.05) is 10.8 Å². The predicted octanol–water partition coefficient (Wildman–Crippen LogP) is 8.29. The monoisotopic (exact) mass is 524 g/mol. The van der Waals surface area contributed by atoms with Gasteiger partial charge in [-0.25, -0.2) is 0 Å². The van der Waals surface area contributed by atoms with Gasteiger partial charge in [0.2, 0.25) is 0 Å². The molecule has 0 saturated heterocycles. The van der Waals surface area contributed by atoms with Crippen molar-refractivity contribution in [3.63, 3.8) is 0 Å². The second kappa shape index (κ2) is 8.53. The summed E-state index contributed by atoms with van der Waals surface area (Å²) >= 11 is 0. The quantitative estimate of drug-likeness (QED) is 0.300. The van der Waals surface area contributed by atoms with E-state index in [9.17, 15) is 5.11 Å². The maximum Gasteiger partial charge on any atom is 0.192 e. The fourth-order valence-corrected chi connectivity index (χ4v) is 10.8. The molecule has 3 nitrogen and oxygen atoms in total. The van der Waals surface area contributed by atoms with Crippen molar-refractivity contribution in [3.05, 3.63) is 47.5 Å². The van der Waals surface area contributed by atoms with Crippen molar-refractivity contribution >= 4 is 8.32 Å². The first kappa shape index (κ1) is 27.6. The van der Waals surface area contributed by atoms with Crippen molar-refractivity contribution in [1.82, 2.24) is 0 Å². The Morgan fingerprint density at radius 3 is 2.30 bits per heavy atom. The molecule has 3 fully saturated rings. The van der Waals surface area contributed by atoms with Gasteiger partial charge in [-0.15, -0.1) is 0 Å². The van der Waals surface area contributed by atoms with Gasteiger partial charge in [-0.2, -0.15) is 0 Å². The molecule has 37 heavy (non-hydrogen) atoms. The Bertz CT molecular complexity index is 1060. The lowest BCUT2D eigenvalue weighted by molar-refractivity contribution is -0.209. The minimum atomic E-state index is -1.84. The van der Waals surface area contributed by atoms with Gasteiger partial charge in [0.25, 0.3) is 0 Å². The smallest absolute Gasteiger partial charge is 0.192 e. The van der Waals surface area contributed by atoms with Crippen LogP contribution in [0.2, 0.25) is 18.1 Å². The zero-order valence-electron chi connectivity index (χ0n) is 25.0. The molecule has 0 aromatic heterocycles. The number of allylic oxidation sites excluding steroid dienone is 1. The van der Waals surface area contributed by atoms with Crippen molar-refractivity contribution in [3.8, 4) is 0 Å². The van der Waals surface area contributed by atoms with Gasteiger partial charge in [-0.3, -0.25) is 0 Å². The largest absolute Gasteiger partial charge is 0.411 e. The molecule has 0 bridgehead atoms. The van der Waals surface area contributed by atoms with Crippen molar-refractivity contribution in [1.29, 1.82) is 0 Å². The second-order valence-electron chi connectivity index (χ2n) is 15.5. The zero-order chi connectivity index (χ0) is 27.1. The van der Waals surface area contributed by atoms with Crippen molar-refractivity contribution in [2.75, 3.05) is 6.61 Å². The molecule has 7 atom stereocenters. The number of hydrogen-bond donors (Lipinski definition) is 1. The predicted molar refractivity (Wildman–Crippen MR) is 155 cm³/mol. The minimum Gasteiger partial charge on any atom is -0.411 e. The number of benzene rings is 1. The van der Waals surface area contributed by atoms with Crippen LogP contribution in [0.4, 0.5) is 0 Å². The molecule has 5 rings (SSSR count). The third-order valence-corrected chi connectivity index (χ3v) is 17.2. The summed E-state index contributed by atoms with van der Waals surface area (Å²) in [6, 6.07) is 10.3. The lowest BCUT2D eigenvalue weighted by Gasteiger charge is -2.66. The highest BCUT2D eigenvalue weighted by atomic mass is 28.4. The summed E-state index contributed by atoms with van der Waals surface area (Å²) in [5.41, 5.74) is 1.70. The van der Waals surface area contributed by atoms with Gasteiger partial charge in [-0.1, -0.05) is 78.0 Å². The van der Waals surface area contributed by atoms with Gasteiger partial charge < -0.3 is 14.3 Å². The summed E-state index contributed by atoms with van der Waals surface area (Å²) < 4.78 is 13.5. The van der Waals surface area contributed by atoms with Crippen LogP contribution in [0.5, 0.6) is 0 Å². The molecular weight excluding hydrogens is 472 g/mol. The number of ether oxygens (including phenoxy) is 1. The van der Waals surface area contributed by atoms with E-state index in [4.69, 9.17) is 9.16 Å². The normalized spacial score (nSPS) is 43.4. The number of hydrogen-bond acceptors (Lipinski definition) is 3. The molecule has 4 heteroatoms. The van der Waals surface area contributed by atoms with Gasteiger partial charge >= 0.3 is 0 Å². The lowest BCUT2D eigenvalue weighted by Crippen LogP contribution is -2.65. The number of rotatable bonds is 6. The average molecular weight is 525 g/mol. The minimum absolute atomic E-state index is 0.0729. The maximum absolute atomic E-state index is 12.4. The van der Waals surface area contributed by atoms with E-state index >= 15 is 0 Å². The number of aliphatic hydroxyl groups is 1. The molecule has 1 N–H and O–H groups in total. The molecule has 0 heterocycles. The molecule has 4 aliphatic rings. The first-order chi connectivity index (χ1) is 17.0.